The van der Waals surface area contributed by atoms with E-state index in [1.54, 1.807) is 6.07 Å². The summed E-state index contributed by atoms with van der Waals surface area (Å²) in [5.74, 6) is 0.417. The third kappa shape index (κ3) is 1.81. The van der Waals surface area contributed by atoms with Crippen LogP contribution in [0.2, 0.25) is 0 Å². The second-order valence-electron chi connectivity index (χ2n) is 5.37. The topological polar surface area (TPSA) is 32.3 Å². The molecule has 1 heterocycles. The van der Waals surface area contributed by atoms with Crippen LogP contribution in [0, 0.1) is 11.7 Å². The van der Waals surface area contributed by atoms with Gasteiger partial charge in [0.15, 0.2) is 0 Å². The van der Waals surface area contributed by atoms with E-state index in [2.05, 4.69) is 12.2 Å². The minimum absolute atomic E-state index is 0.124. The Morgan fingerprint density at radius 1 is 1.39 bits per heavy atom. The summed E-state index contributed by atoms with van der Waals surface area (Å²) in [6.45, 7) is 4.01. The fourth-order valence-corrected chi connectivity index (χ4v) is 2.72. The second kappa shape index (κ2) is 4.05. The van der Waals surface area contributed by atoms with Crippen LogP contribution in [0.25, 0.3) is 0 Å². The van der Waals surface area contributed by atoms with Gasteiger partial charge in [0.1, 0.15) is 12.0 Å². The summed E-state index contributed by atoms with van der Waals surface area (Å²) in [4.78, 5) is 14.1. The van der Waals surface area contributed by atoms with E-state index in [9.17, 15) is 9.18 Å². The molecule has 0 aromatic heterocycles. The van der Waals surface area contributed by atoms with Crippen molar-refractivity contribution in [3.05, 3.63) is 35.6 Å². The first kappa shape index (κ1) is 11.7. The van der Waals surface area contributed by atoms with Crippen LogP contribution >= 0.6 is 0 Å². The van der Waals surface area contributed by atoms with Crippen molar-refractivity contribution < 1.29 is 9.18 Å². The van der Waals surface area contributed by atoms with Crippen LogP contribution in [0.1, 0.15) is 32.0 Å². The number of hydrogen-bond donors (Lipinski definition) is 1. The highest BCUT2D eigenvalue weighted by atomic mass is 19.1. The van der Waals surface area contributed by atoms with Gasteiger partial charge in [0.05, 0.1) is 6.04 Å². The van der Waals surface area contributed by atoms with Gasteiger partial charge in [-0.3, -0.25) is 10.1 Å². The maximum absolute atomic E-state index is 13.3. The minimum Gasteiger partial charge on any atom is -0.318 e. The Morgan fingerprint density at radius 2 is 2.11 bits per heavy atom. The van der Waals surface area contributed by atoms with Crippen LogP contribution in [0.15, 0.2) is 24.3 Å². The lowest BCUT2D eigenvalue weighted by Gasteiger charge is -2.25. The Balaban J connectivity index is 1.92. The molecule has 1 saturated heterocycles. The van der Waals surface area contributed by atoms with Gasteiger partial charge in [-0.25, -0.2) is 4.39 Å². The van der Waals surface area contributed by atoms with Gasteiger partial charge in [-0.1, -0.05) is 19.1 Å². The normalized spacial score (nSPS) is 35.1. The monoisotopic (exact) mass is 248 g/mol. The molecule has 1 saturated carbocycles. The number of carbonyl (C=O) groups excluding carboxylic acids is 1. The van der Waals surface area contributed by atoms with Crippen LogP contribution in [0.5, 0.6) is 0 Å². The predicted octanol–water partition coefficient (Wildman–Crippen LogP) is 2.05. The molecule has 4 unspecified atom stereocenters. The Kier molecular flexibility index (Phi) is 2.63. The van der Waals surface area contributed by atoms with E-state index >= 15 is 0 Å². The lowest BCUT2D eigenvalue weighted by molar-refractivity contribution is -0.130. The van der Waals surface area contributed by atoms with Crippen molar-refractivity contribution in [2.45, 2.75) is 38.5 Å². The van der Waals surface area contributed by atoms with Gasteiger partial charge in [0.25, 0.3) is 0 Å². The molecule has 1 aliphatic carbocycles. The molecule has 0 spiro atoms. The lowest BCUT2D eigenvalue weighted by atomic mass is 10.1. The van der Waals surface area contributed by atoms with Crippen LogP contribution < -0.4 is 5.32 Å². The number of amides is 1. The zero-order valence-corrected chi connectivity index (χ0v) is 10.6. The average molecular weight is 248 g/mol. The largest absolute Gasteiger partial charge is 0.318 e. The van der Waals surface area contributed by atoms with E-state index in [-0.39, 0.29) is 23.9 Å². The number of nitrogens with zero attached hydrogens (tertiary/aromatic N) is 1. The van der Waals surface area contributed by atoms with E-state index in [0.29, 0.717) is 12.0 Å². The highest BCUT2D eigenvalue weighted by Crippen LogP contribution is 2.41. The molecule has 96 valence electrons. The SMILES string of the molecule is CC1NC(c2cccc(F)c2)N(C2CC2C)C1=O. The van der Waals surface area contributed by atoms with Crippen LogP contribution in [-0.2, 0) is 4.79 Å². The first-order chi connectivity index (χ1) is 8.58. The zero-order valence-electron chi connectivity index (χ0n) is 10.6. The molecule has 2 fully saturated rings. The van der Waals surface area contributed by atoms with E-state index in [1.807, 2.05) is 17.9 Å². The molecule has 3 rings (SSSR count). The van der Waals surface area contributed by atoms with Gasteiger partial charge >= 0.3 is 0 Å². The molecule has 1 N–H and O–H groups in total. The molecule has 4 atom stereocenters. The van der Waals surface area contributed by atoms with Crippen molar-refractivity contribution in [1.29, 1.82) is 0 Å². The molecule has 18 heavy (non-hydrogen) atoms. The molecule has 1 amide bonds. The van der Waals surface area contributed by atoms with Gasteiger partial charge in [-0.2, -0.15) is 0 Å². The van der Waals surface area contributed by atoms with Gasteiger partial charge in [0, 0.05) is 6.04 Å². The smallest absolute Gasteiger partial charge is 0.241 e. The number of halogens is 1. The van der Waals surface area contributed by atoms with Crippen LogP contribution in [0.4, 0.5) is 4.39 Å². The van der Waals surface area contributed by atoms with Gasteiger partial charge < -0.3 is 4.90 Å². The van der Waals surface area contributed by atoms with E-state index in [1.165, 1.54) is 12.1 Å². The Morgan fingerprint density at radius 3 is 2.72 bits per heavy atom. The summed E-state index contributed by atoms with van der Waals surface area (Å²) in [5.41, 5.74) is 0.826. The van der Waals surface area contributed by atoms with Gasteiger partial charge in [-0.15, -0.1) is 0 Å². The van der Waals surface area contributed by atoms with Crippen LogP contribution in [0.3, 0.4) is 0 Å². The second-order valence-corrected chi connectivity index (χ2v) is 5.37. The summed E-state index contributed by atoms with van der Waals surface area (Å²) in [6.07, 6.45) is 0.865. The quantitative estimate of drug-likeness (QED) is 0.868. The van der Waals surface area contributed by atoms with E-state index in [0.717, 1.165) is 12.0 Å². The molecular formula is C14H17FN2O. The van der Waals surface area contributed by atoms with Crippen LogP contribution in [-0.4, -0.2) is 22.9 Å². The van der Waals surface area contributed by atoms with E-state index in [4.69, 9.17) is 0 Å². The maximum atomic E-state index is 13.3. The van der Waals surface area contributed by atoms with Crippen molar-refractivity contribution in [1.82, 2.24) is 10.2 Å². The Bertz CT molecular complexity index is 490. The number of nitrogens with one attached hydrogen (secondary N) is 1. The maximum Gasteiger partial charge on any atom is 0.241 e. The summed E-state index contributed by atoms with van der Waals surface area (Å²) in [5, 5.41) is 3.25. The van der Waals surface area contributed by atoms with Crippen molar-refractivity contribution in [3.63, 3.8) is 0 Å². The average Bonchev–Trinajstić information content (AvgIpc) is 2.96. The molecule has 0 bridgehead atoms. The standard InChI is InChI=1S/C14H17FN2O/c1-8-6-12(8)17-13(16-9(2)14(17)18)10-4-3-5-11(15)7-10/h3-5,7-9,12-13,16H,6H2,1-2H3. The third-order valence-electron chi connectivity index (χ3n) is 3.90. The Labute approximate surface area is 106 Å². The first-order valence-corrected chi connectivity index (χ1v) is 6.41. The molecule has 1 aliphatic heterocycles. The van der Waals surface area contributed by atoms with Crippen molar-refractivity contribution >= 4 is 5.91 Å². The Hall–Kier alpha value is -1.42. The molecule has 0 radical (unpaired) electrons. The summed E-state index contributed by atoms with van der Waals surface area (Å²) in [7, 11) is 0. The number of hydrogen-bond acceptors (Lipinski definition) is 2. The van der Waals surface area contributed by atoms with Crippen molar-refractivity contribution in [2.24, 2.45) is 5.92 Å². The summed E-state index contributed by atoms with van der Waals surface area (Å²) in [6, 6.07) is 6.60. The zero-order chi connectivity index (χ0) is 12.9. The molecular weight excluding hydrogens is 231 g/mol. The number of benzene rings is 1. The van der Waals surface area contributed by atoms with E-state index < -0.39 is 0 Å². The molecule has 4 heteroatoms. The summed E-state index contributed by atoms with van der Waals surface area (Å²) >= 11 is 0. The van der Waals surface area contributed by atoms with Crippen molar-refractivity contribution in [3.8, 4) is 0 Å². The lowest BCUT2D eigenvalue weighted by Crippen LogP contribution is -2.33. The van der Waals surface area contributed by atoms with Gasteiger partial charge in [-0.05, 0) is 37.0 Å². The minimum atomic E-state index is -0.259. The molecule has 1 aromatic carbocycles. The molecule has 1 aromatic rings. The fourth-order valence-electron chi connectivity index (χ4n) is 2.72. The molecule has 2 aliphatic rings. The number of carbonyl (C=O) groups is 1. The predicted molar refractivity (Wildman–Crippen MR) is 66.2 cm³/mol. The highest BCUT2D eigenvalue weighted by Gasteiger charge is 2.49. The third-order valence-corrected chi connectivity index (χ3v) is 3.90. The first-order valence-electron chi connectivity index (χ1n) is 6.41. The molecule has 3 nitrogen and oxygen atoms in total. The highest BCUT2D eigenvalue weighted by molar-refractivity contribution is 5.84. The van der Waals surface area contributed by atoms with Crippen molar-refractivity contribution in [2.75, 3.05) is 0 Å². The van der Waals surface area contributed by atoms with Gasteiger partial charge in [0.2, 0.25) is 5.91 Å². The summed E-state index contributed by atoms with van der Waals surface area (Å²) < 4.78 is 13.3. The number of rotatable bonds is 2. The fraction of sp³-hybridized carbons (Fsp3) is 0.500.